The van der Waals surface area contributed by atoms with Gasteiger partial charge in [-0.05, 0) is 0 Å². The zero-order valence-electron chi connectivity index (χ0n) is 18.1. The van der Waals surface area contributed by atoms with Crippen LogP contribution in [0.3, 0.4) is 0 Å². The van der Waals surface area contributed by atoms with Crippen molar-refractivity contribution in [3.63, 3.8) is 0 Å². The molecule has 0 aliphatic heterocycles. The second kappa shape index (κ2) is 22.8. The molecular formula is C3H6Al4N6O21P6. The summed E-state index contributed by atoms with van der Waals surface area (Å²) in [5, 5.41) is 0. The fourth-order valence-electron chi connectivity index (χ4n) is 0.795. The molecule has 0 fully saturated rings. The molecule has 0 saturated heterocycles. The Kier molecular flexibility index (Phi) is 32.5. The molecule has 0 aliphatic carbocycles. The van der Waals surface area contributed by atoms with E-state index in [4.69, 9.17) is 17.2 Å². The number of phosphoric acid groups is 6. The van der Waals surface area contributed by atoms with Crippen molar-refractivity contribution < 1.29 is 99.0 Å². The molecule has 0 saturated carbocycles. The average Bonchev–Trinajstić information content (AvgIpc) is 2.33. The molecule has 216 valence electrons. The van der Waals surface area contributed by atoms with Gasteiger partial charge < -0.3 is 116 Å². The van der Waals surface area contributed by atoms with Gasteiger partial charge in [0.2, 0.25) is 17.8 Å². The van der Waals surface area contributed by atoms with E-state index in [1.54, 1.807) is 0 Å². The first-order valence-corrected chi connectivity index (χ1v) is 15.4. The summed E-state index contributed by atoms with van der Waals surface area (Å²) in [6.45, 7) is 0. The quantitative estimate of drug-likeness (QED) is 0.179. The summed E-state index contributed by atoms with van der Waals surface area (Å²) < 4.78 is 63.5. The molecule has 1 rings (SSSR count). The Morgan fingerprint density at radius 2 is 0.475 bits per heavy atom. The normalized spacial score (nSPS) is 11.4. The minimum atomic E-state index is -5.68. The summed E-state index contributed by atoms with van der Waals surface area (Å²) in [6, 6.07) is 0. The zero-order chi connectivity index (χ0) is 30.0. The van der Waals surface area contributed by atoms with Gasteiger partial charge >= 0.3 is 69.4 Å². The summed E-state index contributed by atoms with van der Waals surface area (Å²) in [4.78, 5) is 122. The van der Waals surface area contributed by atoms with Crippen LogP contribution in [-0.2, 0) is 40.3 Å². The Labute approximate surface area is 264 Å². The van der Waals surface area contributed by atoms with Gasteiger partial charge in [-0.15, -0.1) is 0 Å². The van der Waals surface area contributed by atoms with Gasteiger partial charge in [-0.1, -0.05) is 0 Å². The van der Waals surface area contributed by atoms with E-state index in [1.807, 2.05) is 0 Å². The van der Waals surface area contributed by atoms with Crippen LogP contribution in [0.1, 0.15) is 0 Å². The maximum Gasteiger partial charge on any atom is 3.00 e. The molecule has 0 aromatic carbocycles. The minimum absolute atomic E-state index is 0. The van der Waals surface area contributed by atoms with E-state index < -0.39 is 46.9 Å². The van der Waals surface area contributed by atoms with Crippen molar-refractivity contribution in [3.05, 3.63) is 0 Å². The van der Waals surface area contributed by atoms with Crippen LogP contribution in [0.15, 0.2) is 0 Å². The number of hydrogen-bond donors (Lipinski definition) is 3. The van der Waals surface area contributed by atoms with Crippen molar-refractivity contribution >= 4 is 134 Å². The van der Waals surface area contributed by atoms with E-state index >= 15 is 0 Å². The first-order valence-electron chi connectivity index (χ1n) is 6.59. The molecule has 1 aromatic heterocycles. The molecule has 1 aromatic rings. The van der Waals surface area contributed by atoms with Crippen LogP contribution < -0.4 is 75.9 Å². The Morgan fingerprint density at radius 1 is 0.375 bits per heavy atom. The smallest absolute Gasteiger partial charge is 0.790 e. The van der Waals surface area contributed by atoms with Crippen LogP contribution in [0, 0.1) is 0 Å². The van der Waals surface area contributed by atoms with Gasteiger partial charge in [0.05, 0.1) is 46.9 Å². The van der Waals surface area contributed by atoms with Crippen LogP contribution >= 0.6 is 46.9 Å². The maximum absolute atomic E-state index is 9.32. The molecule has 40 heavy (non-hydrogen) atoms. The van der Waals surface area contributed by atoms with E-state index in [1.165, 1.54) is 0 Å². The van der Waals surface area contributed by atoms with E-state index in [-0.39, 0.29) is 87.3 Å². The summed E-state index contributed by atoms with van der Waals surface area (Å²) in [5.41, 5.74) is 15.4. The van der Waals surface area contributed by atoms with Gasteiger partial charge in [-0.3, -0.25) is 0 Å². The first kappa shape index (κ1) is 57.0. The van der Waals surface area contributed by atoms with Crippen LogP contribution in [0.4, 0.5) is 17.8 Å². The SMILES string of the molecule is Nc1nc(N)nc(N)n1.O=P([O-])([O-])OP(=O)([O-])[O-].O=P([O-])([O-])OP(=O)([O-])[O-].O=P([O-])([O-])OP(=O)([O-])[O-].[Al+3].[Al+3].[Al+3].[Al+3]. The van der Waals surface area contributed by atoms with Crippen molar-refractivity contribution in [1.82, 2.24) is 15.0 Å². The van der Waals surface area contributed by atoms with Gasteiger partial charge in [0.1, 0.15) is 0 Å². The van der Waals surface area contributed by atoms with E-state index in [9.17, 15) is 86.1 Å². The molecule has 0 unspecified atom stereocenters. The molecule has 6 N–H and O–H groups in total. The summed E-state index contributed by atoms with van der Waals surface area (Å²) in [7, 11) is -34.1. The number of nitrogens with two attached hydrogens (primary N) is 3. The van der Waals surface area contributed by atoms with Crippen molar-refractivity contribution in [1.29, 1.82) is 0 Å². The van der Waals surface area contributed by atoms with Gasteiger partial charge in [-0.2, -0.15) is 15.0 Å². The Hall–Kier alpha value is 1.32. The molecular weight excluding hydrogens is 750 g/mol. The monoisotopic (exact) mass is 756 g/mol. The third-order valence-corrected chi connectivity index (χ3v) is 6.09. The molecule has 37 heteroatoms. The predicted octanol–water partition coefficient (Wildman–Crippen LogP) is -12.9. The molecule has 0 spiro atoms. The van der Waals surface area contributed by atoms with Crippen molar-refractivity contribution in [2.24, 2.45) is 0 Å². The number of anilines is 3. The van der Waals surface area contributed by atoms with Crippen molar-refractivity contribution in [3.8, 4) is 0 Å². The molecule has 1 heterocycles. The van der Waals surface area contributed by atoms with Crippen LogP contribution in [0.5, 0.6) is 0 Å². The van der Waals surface area contributed by atoms with Crippen LogP contribution in [0.25, 0.3) is 0 Å². The largest absolute Gasteiger partial charge is 3.00 e. The first-order chi connectivity index (χ1) is 15.3. The Morgan fingerprint density at radius 3 is 0.525 bits per heavy atom. The van der Waals surface area contributed by atoms with E-state index in [0.717, 1.165) is 0 Å². The molecule has 0 bridgehead atoms. The van der Waals surface area contributed by atoms with Crippen molar-refractivity contribution in [2.45, 2.75) is 0 Å². The van der Waals surface area contributed by atoms with Gasteiger partial charge in [0.25, 0.3) is 0 Å². The third kappa shape index (κ3) is 58.9. The van der Waals surface area contributed by atoms with Gasteiger partial charge in [0.15, 0.2) is 0 Å². The molecule has 27 nitrogen and oxygen atoms in total. The van der Waals surface area contributed by atoms with E-state index in [0.29, 0.717) is 0 Å². The number of aromatic nitrogens is 3. The number of nitrogens with zero attached hydrogens (tertiary/aromatic N) is 3. The van der Waals surface area contributed by atoms with Gasteiger partial charge in [0, 0.05) is 0 Å². The Balaban J connectivity index is -0.0000000703. The summed E-state index contributed by atoms with van der Waals surface area (Å²) in [5.74, 6) is 0.125. The maximum atomic E-state index is 9.32. The summed E-state index contributed by atoms with van der Waals surface area (Å²) in [6.07, 6.45) is 0. The summed E-state index contributed by atoms with van der Waals surface area (Å²) >= 11 is 0. The van der Waals surface area contributed by atoms with Crippen LogP contribution in [-0.4, -0.2) is 84.4 Å². The second-order valence-electron chi connectivity index (χ2n) is 4.34. The molecule has 0 amide bonds. The molecule has 0 aliphatic rings. The van der Waals surface area contributed by atoms with Crippen molar-refractivity contribution in [2.75, 3.05) is 17.2 Å². The number of hydrogen-bond acceptors (Lipinski definition) is 27. The number of rotatable bonds is 6. The van der Waals surface area contributed by atoms with E-state index in [2.05, 4.69) is 27.9 Å². The molecule has 0 atom stereocenters. The van der Waals surface area contributed by atoms with Gasteiger partial charge in [-0.25, -0.2) is 0 Å². The van der Waals surface area contributed by atoms with Crippen LogP contribution in [0.2, 0.25) is 0 Å². The third-order valence-electron chi connectivity index (χ3n) is 1.29. The standard InChI is InChI=1S/C3H6N6.4Al.3H4O7P2/c4-1-7-2(5)9-3(6)8-1;;;;;3*1-8(2,3)7-9(4,5)6/h(H6,4,5,6,7,8,9);;;;;3*(H2,1,2,3)(H2,4,5,6)/q;4*+3;;;/p-12. The number of nitrogen functional groups attached to an aromatic ring is 3. The fraction of sp³-hybridized carbons (Fsp3) is 0. The zero-order valence-corrected chi connectivity index (χ0v) is 28.1. The predicted molar refractivity (Wildman–Crippen MR) is 105 cm³/mol. The molecule has 0 radical (unpaired) electrons. The second-order valence-corrected chi connectivity index (χ2v) is 11.7. The topological polar surface area (TPSA) is 524 Å². The fourth-order valence-corrected chi connectivity index (χ4v) is 3.73. The Bertz CT molecular complexity index is 910. The average molecular weight is 756 g/mol. The minimum Gasteiger partial charge on any atom is -0.790 e.